The van der Waals surface area contributed by atoms with Gasteiger partial charge in [0, 0.05) is 11.1 Å². The van der Waals surface area contributed by atoms with E-state index in [1.165, 1.54) is 16.5 Å². The molecule has 98 valence electrons. The number of nitrogens with zero attached hydrogens (tertiary/aromatic N) is 1. The summed E-state index contributed by atoms with van der Waals surface area (Å²) in [6.07, 6.45) is 0. The Balaban J connectivity index is 0.000000771. The first-order valence-electron chi connectivity index (χ1n) is 6.63. The molecule has 1 aromatic heterocycles. The first-order valence-corrected chi connectivity index (χ1v) is 6.63. The highest BCUT2D eigenvalue weighted by Gasteiger charge is 2.06. The molecule has 0 unspecified atom stereocenters. The van der Waals surface area contributed by atoms with Gasteiger partial charge in [0.1, 0.15) is 5.75 Å². The molecule has 0 N–H and O–H groups in total. The van der Waals surface area contributed by atoms with Gasteiger partial charge in [-0.15, -0.1) is 0 Å². The number of rotatable bonds is 2. The van der Waals surface area contributed by atoms with Crippen molar-refractivity contribution in [1.82, 2.24) is 4.98 Å². The van der Waals surface area contributed by atoms with Gasteiger partial charge in [-0.3, -0.25) is 4.98 Å². The van der Waals surface area contributed by atoms with Gasteiger partial charge < -0.3 is 4.74 Å². The van der Waals surface area contributed by atoms with Gasteiger partial charge in [-0.25, -0.2) is 0 Å². The summed E-state index contributed by atoms with van der Waals surface area (Å²) in [4.78, 5) is 4.58. The van der Waals surface area contributed by atoms with Gasteiger partial charge in [0.25, 0.3) is 0 Å². The summed E-state index contributed by atoms with van der Waals surface area (Å²) < 4.78 is 5.55. The molecular formula is C16H23NO. The summed E-state index contributed by atoms with van der Waals surface area (Å²) in [6.45, 7) is 12.9. The first kappa shape index (κ1) is 14.5. The van der Waals surface area contributed by atoms with Crippen molar-refractivity contribution in [2.24, 2.45) is 0 Å². The maximum atomic E-state index is 5.55. The molecule has 2 heteroatoms. The Hall–Kier alpha value is -1.57. The third-order valence-electron chi connectivity index (χ3n) is 2.72. The number of fused-ring (bicyclic) bond motifs is 1. The highest BCUT2D eigenvalue weighted by molar-refractivity contribution is 5.86. The molecular weight excluding hydrogens is 222 g/mol. The highest BCUT2D eigenvalue weighted by atomic mass is 16.5. The van der Waals surface area contributed by atoms with E-state index in [9.17, 15) is 0 Å². The predicted octanol–water partition coefficient (Wildman–Crippen LogP) is 4.58. The second-order valence-electron chi connectivity index (χ2n) is 4.15. The van der Waals surface area contributed by atoms with E-state index in [-0.39, 0.29) is 0 Å². The van der Waals surface area contributed by atoms with Gasteiger partial charge in [-0.1, -0.05) is 13.8 Å². The lowest BCUT2D eigenvalue weighted by molar-refractivity contribution is 0.340. The van der Waals surface area contributed by atoms with Crippen LogP contribution in [0.5, 0.6) is 5.75 Å². The predicted molar refractivity (Wildman–Crippen MR) is 78.5 cm³/mol. The fourth-order valence-corrected chi connectivity index (χ4v) is 2.05. The van der Waals surface area contributed by atoms with Gasteiger partial charge in [0.15, 0.2) is 0 Å². The summed E-state index contributed by atoms with van der Waals surface area (Å²) in [5.41, 5.74) is 4.58. The zero-order valence-corrected chi connectivity index (χ0v) is 12.3. The van der Waals surface area contributed by atoms with Crippen molar-refractivity contribution in [2.45, 2.75) is 41.5 Å². The average Bonchev–Trinajstić information content (AvgIpc) is 2.34. The van der Waals surface area contributed by atoms with Crippen LogP contribution >= 0.6 is 0 Å². The Morgan fingerprint density at radius 3 is 2.28 bits per heavy atom. The van der Waals surface area contributed by atoms with Crippen molar-refractivity contribution in [3.8, 4) is 5.75 Å². The fraction of sp³-hybridized carbons (Fsp3) is 0.438. The maximum absolute atomic E-state index is 5.55. The van der Waals surface area contributed by atoms with Crippen molar-refractivity contribution in [1.29, 1.82) is 0 Å². The molecule has 0 atom stereocenters. The Morgan fingerprint density at radius 1 is 1.00 bits per heavy atom. The van der Waals surface area contributed by atoms with E-state index in [0.29, 0.717) is 6.61 Å². The summed E-state index contributed by atoms with van der Waals surface area (Å²) in [5, 5.41) is 1.19. The van der Waals surface area contributed by atoms with Gasteiger partial charge in [-0.05, 0) is 57.0 Å². The second kappa shape index (κ2) is 6.39. The lowest BCUT2D eigenvalue weighted by Crippen LogP contribution is -1.95. The molecule has 1 aromatic carbocycles. The summed E-state index contributed by atoms with van der Waals surface area (Å²) in [7, 11) is 0. The van der Waals surface area contributed by atoms with Crippen LogP contribution in [0.4, 0.5) is 0 Å². The molecule has 0 fully saturated rings. The molecule has 0 saturated heterocycles. The largest absolute Gasteiger partial charge is 0.494 e. The third-order valence-corrected chi connectivity index (χ3v) is 2.72. The number of aromatic nitrogens is 1. The van der Waals surface area contributed by atoms with E-state index < -0.39 is 0 Å². The van der Waals surface area contributed by atoms with Crippen LogP contribution in [-0.4, -0.2) is 11.6 Å². The summed E-state index contributed by atoms with van der Waals surface area (Å²) in [5.74, 6) is 0.932. The molecule has 2 nitrogen and oxygen atoms in total. The lowest BCUT2D eigenvalue weighted by Gasteiger charge is -2.10. The molecule has 0 saturated carbocycles. The number of hydrogen-bond donors (Lipinski definition) is 0. The van der Waals surface area contributed by atoms with Crippen molar-refractivity contribution >= 4 is 10.9 Å². The zero-order chi connectivity index (χ0) is 13.7. The monoisotopic (exact) mass is 245 g/mol. The van der Waals surface area contributed by atoms with E-state index in [4.69, 9.17) is 4.74 Å². The highest BCUT2D eigenvalue weighted by Crippen LogP contribution is 2.26. The van der Waals surface area contributed by atoms with Crippen molar-refractivity contribution < 1.29 is 4.74 Å². The van der Waals surface area contributed by atoms with Gasteiger partial charge in [0.05, 0.1) is 12.1 Å². The quantitative estimate of drug-likeness (QED) is 0.772. The van der Waals surface area contributed by atoms with E-state index in [1.807, 2.05) is 27.7 Å². The molecule has 0 aliphatic carbocycles. The first-order chi connectivity index (χ1) is 8.61. The number of pyridine rings is 1. The molecule has 1 heterocycles. The fourth-order valence-electron chi connectivity index (χ4n) is 2.05. The normalized spacial score (nSPS) is 9.89. The molecule has 0 radical (unpaired) electrons. The van der Waals surface area contributed by atoms with E-state index in [1.54, 1.807) is 0 Å². The topological polar surface area (TPSA) is 22.1 Å². The van der Waals surface area contributed by atoms with E-state index in [0.717, 1.165) is 17.0 Å². The summed E-state index contributed by atoms with van der Waals surface area (Å²) >= 11 is 0. The van der Waals surface area contributed by atoms with Gasteiger partial charge in [-0.2, -0.15) is 0 Å². The van der Waals surface area contributed by atoms with Crippen LogP contribution in [0, 0.1) is 20.8 Å². The SMILES string of the molecule is CC.CCOc1cc(C)c2nc(C)cc(C)c2c1. The lowest BCUT2D eigenvalue weighted by atomic mass is 10.1. The van der Waals surface area contributed by atoms with Crippen molar-refractivity contribution in [3.05, 3.63) is 35.0 Å². The summed E-state index contributed by atoms with van der Waals surface area (Å²) in [6, 6.07) is 6.24. The van der Waals surface area contributed by atoms with Gasteiger partial charge in [0.2, 0.25) is 0 Å². The molecule has 2 aromatic rings. The third kappa shape index (κ3) is 3.00. The zero-order valence-electron chi connectivity index (χ0n) is 12.3. The number of ether oxygens (including phenoxy) is 1. The minimum atomic E-state index is 0.698. The standard InChI is InChI=1S/C14H17NO.C2H6/c1-5-16-12-7-10(3)14-13(8-12)9(2)6-11(4)15-14;1-2/h6-8H,5H2,1-4H3;1-2H3. The molecule has 0 aliphatic rings. The maximum Gasteiger partial charge on any atom is 0.120 e. The van der Waals surface area contributed by atoms with Crippen molar-refractivity contribution in [2.75, 3.05) is 6.61 Å². The minimum Gasteiger partial charge on any atom is -0.494 e. The van der Waals surface area contributed by atoms with Crippen LogP contribution in [0.15, 0.2) is 18.2 Å². The molecule has 2 rings (SSSR count). The Kier molecular flexibility index (Phi) is 5.14. The smallest absolute Gasteiger partial charge is 0.120 e. The number of hydrogen-bond acceptors (Lipinski definition) is 2. The van der Waals surface area contributed by atoms with Crippen molar-refractivity contribution in [3.63, 3.8) is 0 Å². The van der Waals surface area contributed by atoms with Crippen LogP contribution in [0.3, 0.4) is 0 Å². The number of benzene rings is 1. The van der Waals surface area contributed by atoms with Crippen LogP contribution < -0.4 is 4.74 Å². The average molecular weight is 245 g/mol. The Bertz CT molecular complexity index is 532. The molecule has 0 amide bonds. The van der Waals surface area contributed by atoms with Gasteiger partial charge >= 0.3 is 0 Å². The van der Waals surface area contributed by atoms with E-state index in [2.05, 4.69) is 37.0 Å². The van der Waals surface area contributed by atoms with Crippen LogP contribution in [0.1, 0.15) is 37.6 Å². The van der Waals surface area contributed by atoms with Crippen LogP contribution in [0.25, 0.3) is 10.9 Å². The van der Waals surface area contributed by atoms with Crippen LogP contribution in [0.2, 0.25) is 0 Å². The Morgan fingerprint density at radius 2 is 1.67 bits per heavy atom. The molecule has 0 aliphatic heterocycles. The molecule has 0 spiro atoms. The molecule has 18 heavy (non-hydrogen) atoms. The number of aryl methyl sites for hydroxylation is 3. The molecule has 0 bridgehead atoms. The van der Waals surface area contributed by atoms with Crippen LogP contribution in [-0.2, 0) is 0 Å². The second-order valence-corrected chi connectivity index (χ2v) is 4.15. The van der Waals surface area contributed by atoms with E-state index >= 15 is 0 Å². The Labute approximate surface area is 110 Å². The minimum absolute atomic E-state index is 0.698.